The van der Waals surface area contributed by atoms with Crippen molar-refractivity contribution in [2.75, 3.05) is 12.4 Å². The molecule has 0 saturated heterocycles. The molecular formula is C29H24N6O2. The number of para-hydroxylation sites is 1. The number of aryl methyl sites for hydroxylation is 1. The highest BCUT2D eigenvalue weighted by atomic mass is 16.5. The van der Waals surface area contributed by atoms with Gasteiger partial charge in [-0.25, -0.2) is 9.83 Å². The van der Waals surface area contributed by atoms with Crippen LogP contribution in [0.1, 0.15) is 24.5 Å². The molecule has 0 amide bonds. The Hall–Kier alpha value is -5.03. The molecule has 8 nitrogen and oxygen atoms in total. The van der Waals surface area contributed by atoms with Crippen LogP contribution in [0.4, 0.5) is 11.5 Å². The molecule has 0 aliphatic carbocycles. The first-order valence-corrected chi connectivity index (χ1v) is 11.7. The van der Waals surface area contributed by atoms with Gasteiger partial charge in [0.1, 0.15) is 17.4 Å². The van der Waals surface area contributed by atoms with Crippen LogP contribution in [0.5, 0.6) is 5.75 Å². The Bertz CT molecular complexity index is 1690. The van der Waals surface area contributed by atoms with Crippen molar-refractivity contribution in [1.82, 2.24) is 19.5 Å². The Morgan fingerprint density at radius 2 is 1.84 bits per heavy atom. The molecule has 0 radical (unpaired) electrons. The van der Waals surface area contributed by atoms with Gasteiger partial charge in [0.15, 0.2) is 0 Å². The van der Waals surface area contributed by atoms with E-state index in [4.69, 9.17) is 11.3 Å². The number of rotatable bonds is 6. The van der Waals surface area contributed by atoms with E-state index >= 15 is 0 Å². The van der Waals surface area contributed by atoms with E-state index in [1.54, 1.807) is 24.8 Å². The van der Waals surface area contributed by atoms with Crippen LogP contribution >= 0.6 is 0 Å². The second-order valence-electron chi connectivity index (χ2n) is 8.53. The number of nitrogens with zero attached hydrogens (tertiary/aromatic N) is 5. The number of methoxy groups -OCH3 is 1. The van der Waals surface area contributed by atoms with Gasteiger partial charge < -0.3 is 10.1 Å². The van der Waals surface area contributed by atoms with Gasteiger partial charge in [-0.1, -0.05) is 36.4 Å². The number of ether oxygens (including phenoxy) is 1. The van der Waals surface area contributed by atoms with E-state index in [1.807, 2.05) is 73.7 Å². The molecule has 3 aromatic heterocycles. The van der Waals surface area contributed by atoms with Crippen molar-refractivity contribution in [2.45, 2.75) is 19.9 Å². The van der Waals surface area contributed by atoms with Crippen LogP contribution in [0.2, 0.25) is 0 Å². The largest absolute Gasteiger partial charge is 0.495 e. The molecule has 3 heterocycles. The summed E-state index contributed by atoms with van der Waals surface area (Å²) in [6, 6.07) is 20.6. The third-order valence-electron chi connectivity index (χ3n) is 6.14. The quantitative estimate of drug-likeness (QED) is 0.300. The standard InChI is InChI=1S/C29H24N6O2/c1-18(33-28-25(30-3)17-31-19(2)34-28)26-15-20-9-8-12-23(24-14-13-22(37-4)16-32-24)27(20)29(36)35(26)21-10-6-5-7-11-21/h5-18H,1-2,4H3,(H,31,33,34)/t18-/m0/s1. The fourth-order valence-electron chi connectivity index (χ4n) is 4.35. The maximum atomic E-state index is 14.2. The predicted octanol–water partition coefficient (Wildman–Crippen LogP) is 5.88. The van der Waals surface area contributed by atoms with Crippen LogP contribution in [0.15, 0.2) is 83.9 Å². The third-order valence-corrected chi connectivity index (χ3v) is 6.14. The molecule has 1 atom stereocenters. The van der Waals surface area contributed by atoms with Crippen LogP contribution < -0.4 is 15.6 Å². The molecule has 0 saturated carbocycles. The monoisotopic (exact) mass is 488 g/mol. The minimum Gasteiger partial charge on any atom is -0.495 e. The Labute approximate surface area is 214 Å². The number of nitrogens with one attached hydrogen (secondary N) is 1. The summed E-state index contributed by atoms with van der Waals surface area (Å²) in [5, 5.41) is 4.69. The van der Waals surface area contributed by atoms with Crippen molar-refractivity contribution in [2.24, 2.45) is 0 Å². The fraction of sp³-hybridized carbons (Fsp3) is 0.138. The highest BCUT2D eigenvalue weighted by molar-refractivity contribution is 5.95. The van der Waals surface area contributed by atoms with Gasteiger partial charge in [0, 0.05) is 23.1 Å². The van der Waals surface area contributed by atoms with Crippen molar-refractivity contribution < 1.29 is 4.74 Å². The third kappa shape index (κ3) is 4.50. The molecule has 0 spiro atoms. The van der Waals surface area contributed by atoms with Gasteiger partial charge in [-0.15, -0.1) is 0 Å². The Morgan fingerprint density at radius 3 is 2.54 bits per heavy atom. The molecule has 1 N–H and O–H groups in total. The van der Waals surface area contributed by atoms with E-state index in [1.165, 1.54) is 6.20 Å². The second kappa shape index (κ2) is 9.91. The molecule has 37 heavy (non-hydrogen) atoms. The van der Waals surface area contributed by atoms with Crippen molar-refractivity contribution in [3.8, 4) is 22.7 Å². The van der Waals surface area contributed by atoms with E-state index in [9.17, 15) is 4.79 Å². The lowest BCUT2D eigenvalue weighted by Gasteiger charge is -2.22. The van der Waals surface area contributed by atoms with Gasteiger partial charge in [0.25, 0.3) is 5.56 Å². The molecule has 0 bridgehead atoms. The van der Waals surface area contributed by atoms with Crippen LogP contribution in [0, 0.1) is 13.5 Å². The molecule has 8 heteroatoms. The van der Waals surface area contributed by atoms with Crippen LogP contribution in [0.25, 0.3) is 32.6 Å². The number of pyridine rings is 2. The van der Waals surface area contributed by atoms with E-state index in [0.29, 0.717) is 34.2 Å². The normalized spacial score (nSPS) is 11.6. The molecule has 0 unspecified atom stereocenters. The first-order chi connectivity index (χ1) is 18.0. The van der Waals surface area contributed by atoms with Crippen LogP contribution in [0.3, 0.4) is 0 Å². The lowest BCUT2D eigenvalue weighted by atomic mass is 10.0. The summed E-state index contributed by atoms with van der Waals surface area (Å²) >= 11 is 0. The summed E-state index contributed by atoms with van der Waals surface area (Å²) in [4.78, 5) is 30.8. The number of benzene rings is 2. The van der Waals surface area contributed by atoms with Gasteiger partial charge in [0.05, 0.1) is 37.0 Å². The summed E-state index contributed by atoms with van der Waals surface area (Å²) in [7, 11) is 1.59. The smallest absolute Gasteiger partial charge is 0.263 e. The lowest BCUT2D eigenvalue weighted by Crippen LogP contribution is -2.26. The highest BCUT2D eigenvalue weighted by Crippen LogP contribution is 2.31. The van der Waals surface area contributed by atoms with E-state index < -0.39 is 0 Å². The van der Waals surface area contributed by atoms with E-state index in [2.05, 4.69) is 25.1 Å². The number of anilines is 1. The first-order valence-electron chi connectivity index (χ1n) is 11.7. The zero-order valence-corrected chi connectivity index (χ0v) is 20.6. The molecule has 0 aliphatic heterocycles. The van der Waals surface area contributed by atoms with Crippen molar-refractivity contribution in [1.29, 1.82) is 0 Å². The van der Waals surface area contributed by atoms with Gasteiger partial charge in [-0.05, 0) is 49.6 Å². The summed E-state index contributed by atoms with van der Waals surface area (Å²) in [5.74, 6) is 1.63. The highest BCUT2D eigenvalue weighted by Gasteiger charge is 2.20. The van der Waals surface area contributed by atoms with Gasteiger partial charge in [-0.3, -0.25) is 19.3 Å². The molecule has 2 aromatic carbocycles. The minimum atomic E-state index is -0.352. The van der Waals surface area contributed by atoms with Gasteiger partial charge in [0.2, 0.25) is 5.69 Å². The number of hydrogen-bond donors (Lipinski definition) is 1. The van der Waals surface area contributed by atoms with Gasteiger partial charge >= 0.3 is 0 Å². The summed E-state index contributed by atoms with van der Waals surface area (Å²) in [6.07, 6.45) is 3.14. The number of hydrogen-bond acceptors (Lipinski definition) is 6. The van der Waals surface area contributed by atoms with Crippen molar-refractivity contribution in [3.63, 3.8) is 0 Å². The Balaban J connectivity index is 1.73. The molecule has 182 valence electrons. The van der Waals surface area contributed by atoms with E-state index in [-0.39, 0.29) is 11.6 Å². The average Bonchev–Trinajstić information content (AvgIpc) is 2.93. The molecule has 5 aromatic rings. The number of aromatic nitrogens is 4. The number of fused-ring (bicyclic) bond motifs is 1. The summed E-state index contributed by atoms with van der Waals surface area (Å²) < 4.78 is 6.95. The Morgan fingerprint density at radius 1 is 1.03 bits per heavy atom. The van der Waals surface area contributed by atoms with E-state index in [0.717, 1.165) is 22.3 Å². The van der Waals surface area contributed by atoms with Crippen LogP contribution in [-0.2, 0) is 0 Å². The summed E-state index contributed by atoms with van der Waals surface area (Å²) in [6.45, 7) is 11.2. The lowest BCUT2D eigenvalue weighted by molar-refractivity contribution is 0.413. The topological polar surface area (TPSA) is 86.3 Å². The Kier molecular flexibility index (Phi) is 6.35. The first kappa shape index (κ1) is 23.7. The zero-order chi connectivity index (χ0) is 25.9. The fourth-order valence-corrected chi connectivity index (χ4v) is 4.35. The zero-order valence-electron chi connectivity index (χ0n) is 20.6. The maximum absolute atomic E-state index is 14.2. The van der Waals surface area contributed by atoms with Crippen LogP contribution in [-0.4, -0.2) is 26.6 Å². The minimum absolute atomic E-state index is 0.162. The molecular weight excluding hydrogens is 464 g/mol. The second-order valence-corrected chi connectivity index (χ2v) is 8.53. The maximum Gasteiger partial charge on any atom is 0.263 e. The molecule has 0 fully saturated rings. The SMILES string of the molecule is [C-]#[N+]c1cnc(C)nc1N[C@@H](C)c1cc2cccc(-c3ccc(OC)cn3)c2c(=O)n1-c1ccccc1. The molecule has 0 aliphatic rings. The molecule has 5 rings (SSSR count). The van der Waals surface area contributed by atoms with Gasteiger partial charge in [-0.2, -0.15) is 0 Å². The predicted molar refractivity (Wildman–Crippen MR) is 144 cm³/mol. The average molecular weight is 489 g/mol. The van der Waals surface area contributed by atoms with Crippen molar-refractivity contribution in [3.05, 3.63) is 112 Å². The summed E-state index contributed by atoms with van der Waals surface area (Å²) in [5.41, 5.74) is 3.05. The van der Waals surface area contributed by atoms with Crippen molar-refractivity contribution >= 4 is 22.3 Å².